The van der Waals surface area contributed by atoms with E-state index in [-0.39, 0.29) is 12.4 Å². The van der Waals surface area contributed by atoms with Crippen LogP contribution in [0, 0.1) is 0 Å². The quantitative estimate of drug-likeness (QED) is 0.803. The molecule has 0 atom stereocenters. The van der Waals surface area contributed by atoms with Gasteiger partial charge in [0.15, 0.2) is 0 Å². The first-order valence-electron chi connectivity index (χ1n) is 6.37. The van der Waals surface area contributed by atoms with Gasteiger partial charge in [-0.15, -0.1) is 0 Å². The maximum absolute atomic E-state index is 12.9. The Labute approximate surface area is 124 Å². The van der Waals surface area contributed by atoms with Gasteiger partial charge in [0.2, 0.25) is 0 Å². The summed E-state index contributed by atoms with van der Waals surface area (Å²) in [4.78, 5) is 3.99. The molecule has 110 valence electrons. The summed E-state index contributed by atoms with van der Waals surface area (Å²) < 4.78 is 28.5. The molecule has 21 heavy (non-hydrogen) atoms. The minimum absolute atomic E-state index is 0.230. The first-order valence-corrected chi connectivity index (χ1v) is 6.75. The maximum Gasteiger partial charge on any atom is 0.319 e. The highest BCUT2D eigenvalue weighted by molar-refractivity contribution is 6.31. The molecule has 0 aliphatic carbocycles. The van der Waals surface area contributed by atoms with Crippen LogP contribution in [0.5, 0.6) is 0 Å². The van der Waals surface area contributed by atoms with Crippen molar-refractivity contribution >= 4 is 22.5 Å². The number of halogens is 3. The van der Waals surface area contributed by atoms with E-state index in [0.29, 0.717) is 11.6 Å². The molecule has 2 heterocycles. The summed E-state index contributed by atoms with van der Waals surface area (Å²) in [5, 5.41) is 1.56. The summed E-state index contributed by atoms with van der Waals surface area (Å²) in [6, 6.07) is 5.47. The smallest absolute Gasteiger partial charge is 0.319 e. The Morgan fingerprint density at radius 2 is 2.14 bits per heavy atom. The van der Waals surface area contributed by atoms with E-state index in [4.69, 9.17) is 17.3 Å². The Morgan fingerprint density at radius 3 is 2.86 bits per heavy atom. The van der Waals surface area contributed by atoms with E-state index >= 15 is 0 Å². The van der Waals surface area contributed by atoms with Crippen molar-refractivity contribution in [1.82, 2.24) is 14.1 Å². The minimum atomic E-state index is -2.61. The maximum atomic E-state index is 12.9. The molecular formula is C14H13ClF2N4. The molecule has 0 unspecified atom stereocenters. The fourth-order valence-electron chi connectivity index (χ4n) is 2.43. The van der Waals surface area contributed by atoms with E-state index in [9.17, 15) is 8.78 Å². The highest BCUT2D eigenvalue weighted by atomic mass is 35.5. The molecule has 0 amide bonds. The van der Waals surface area contributed by atoms with Crippen molar-refractivity contribution in [3.63, 3.8) is 0 Å². The van der Waals surface area contributed by atoms with Gasteiger partial charge in [0.1, 0.15) is 5.82 Å². The standard InChI is InChI=1S/C14H13ClF2N4/c15-10-1-2-11-9(6-18)7-20(12(11)5-10)8-13-19-3-4-21(13)14(16)17/h1-5,7,14H,6,8,18H2. The summed E-state index contributed by atoms with van der Waals surface area (Å²) in [7, 11) is 0. The van der Waals surface area contributed by atoms with E-state index in [1.54, 1.807) is 12.1 Å². The first-order chi connectivity index (χ1) is 10.1. The molecule has 3 aromatic rings. The fraction of sp³-hybridized carbons (Fsp3) is 0.214. The van der Waals surface area contributed by atoms with E-state index in [1.807, 2.05) is 16.8 Å². The molecule has 0 saturated heterocycles. The SMILES string of the molecule is NCc1cn(Cc2nccn2C(F)F)c2cc(Cl)ccc12. The third kappa shape index (κ3) is 2.52. The van der Waals surface area contributed by atoms with Crippen LogP contribution in [-0.4, -0.2) is 14.1 Å². The lowest BCUT2D eigenvalue weighted by Crippen LogP contribution is -2.08. The summed E-state index contributed by atoms with van der Waals surface area (Å²) >= 11 is 6.02. The number of nitrogens with two attached hydrogens (primary N) is 1. The Morgan fingerprint density at radius 1 is 1.33 bits per heavy atom. The van der Waals surface area contributed by atoms with Gasteiger partial charge in [-0.25, -0.2) is 4.98 Å². The molecule has 1 aromatic carbocycles. The topological polar surface area (TPSA) is 48.8 Å². The second-order valence-electron chi connectivity index (χ2n) is 4.68. The average Bonchev–Trinajstić information content (AvgIpc) is 3.04. The molecule has 2 N–H and O–H groups in total. The molecule has 0 bridgehead atoms. The number of alkyl halides is 2. The molecule has 7 heteroatoms. The third-order valence-corrected chi connectivity index (χ3v) is 3.65. The summed E-state index contributed by atoms with van der Waals surface area (Å²) in [6.45, 7) is -2.01. The molecule has 0 saturated carbocycles. The molecule has 2 aromatic heterocycles. The number of fused-ring (bicyclic) bond motifs is 1. The molecule has 0 aliphatic heterocycles. The number of benzene rings is 1. The summed E-state index contributed by atoms with van der Waals surface area (Å²) in [6.07, 6.45) is 4.48. The number of aromatic nitrogens is 3. The van der Waals surface area contributed by atoms with Gasteiger partial charge in [-0.3, -0.25) is 4.57 Å². The first kappa shape index (κ1) is 14.0. The van der Waals surface area contributed by atoms with Gasteiger partial charge in [0.25, 0.3) is 0 Å². The van der Waals surface area contributed by atoms with Crippen molar-refractivity contribution in [2.45, 2.75) is 19.6 Å². The molecular weight excluding hydrogens is 298 g/mol. The van der Waals surface area contributed by atoms with Crippen molar-refractivity contribution in [2.75, 3.05) is 0 Å². The number of hydrogen-bond donors (Lipinski definition) is 1. The van der Waals surface area contributed by atoms with Gasteiger partial charge in [-0.1, -0.05) is 17.7 Å². The normalized spacial score (nSPS) is 11.7. The van der Waals surface area contributed by atoms with Crippen LogP contribution in [0.1, 0.15) is 17.9 Å². The van der Waals surface area contributed by atoms with Gasteiger partial charge >= 0.3 is 6.55 Å². The average molecular weight is 311 g/mol. The molecule has 0 fully saturated rings. The predicted molar refractivity (Wildman–Crippen MR) is 77.4 cm³/mol. The van der Waals surface area contributed by atoms with Crippen LogP contribution in [-0.2, 0) is 13.1 Å². The molecule has 3 rings (SSSR count). The van der Waals surface area contributed by atoms with Crippen molar-refractivity contribution < 1.29 is 8.78 Å². The van der Waals surface area contributed by atoms with Gasteiger partial charge in [-0.05, 0) is 17.7 Å². The largest absolute Gasteiger partial charge is 0.340 e. The molecule has 0 aliphatic rings. The lowest BCUT2D eigenvalue weighted by atomic mass is 10.2. The summed E-state index contributed by atoms with van der Waals surface area (Å²) in [5.74, 6) is 0.283. The van der Waals surface area contributed by atoms with Crippen LogP contribution < -0.4 is 5.73 Å². The third-order valence-electron chi connectivity index (χ3n) is 3.42. The number of nitrogens with zero attached hydrogens (tertiary/aromatic N) is 3. The van der Waals surface area contributed by atoms with E-state index < -0.39 is 6.55 Å². The zero-order valence-corrected chi connectivity index (χ0v) is 11.8. The number of imidazole rings is 1. The fourth-order valence-corrected chi connectivity index (χ4v) is 2.60. The highest BCUT2D eigenvalue weighted by Gasteiger charge is 2.14. The monoisotopic (exact) mass is 310 g/mol. The lowest BCUT2D eigenvalue weighted by Gasteiger charge is -2.08. The Balaban J connectivity index is 2.08. The van der Waals surface area contributed by atoms with Crippen molar-refractivity contribution in [3.8, 4) is 0 Å². The minimum Gasteiger partial charge on any atom is -0.340 e. The highest BCUT2D eigenvalue weighted by Crippen LogP contribution is 2.25. The van der Waals surface area contributed by atoms with E-state index in [2.05, 4.69) is 4.98 Å². The number of rotatable bonds is 4. The molecule has 0 spiro atoms. The second-order valence-corrected chi connectivity index (χ2v) is 5.11. The van der Waals surface area contributed by atoms with Crippen LogP contribution in [0.25, 0.3) is 10.9 Å². The molecule has 0 radical (unpaired) electrons. The van der Waals surface area contributed by atoms with Crippen LogP contribution >= 0.6 is 11.6 Å². The zero-order valence-electron chi connectivity index (χ0n) is 11.0. The van der Waals surface area contributed by atoms with Crippen LogP contribution in [0.15, 0.2) is 36.8 Å². The van der Waals surface area contributed by atoms with Gasteiger partial charge < -0.3 is 10.3 Å². The Bertz CT molecular complexity index is 778. The van der Waals surface area contributed by atoms with Crippen molar-refractivity contribution in [3.05, 3.63) is 53.2 Å². The second kappa shape index (κ2) is 5.46. The zero-order chi connectivity index (χ0) is 15.0. The van der Waals surface area contributed by atoms with Gasteiger partial charge in [0.05, 0.1) is 12.1 Å². The summed E-state index contributed by atoms with van der Waals surface area (Å²) in [5.41, 5.74) is 7.53. The van der Waals surface area contributed by atoms with Crippen molar-refractivity contribution in [1.29, 1.82) is 0 Å². The molecule has 4 nitrogen and oxygen atoms in total. The number of hydrogen-bond acceptors (Lipinski definition) is 2. The van der Waals surface area contributed by atoms with E-state index in [0.717, 1.165) is 21.0 Å². The Kier molecular flexibility index (Phi) is 3.65. The van der Waals surface area contributed by atoms with E-state index in [1.165, 1.54) is 12.4 Å². The Hall–Kier alpha value is -1.92. The van der Waals surface area contributed by atoms with Crippen LogP contribution in [0.4, 0.5) is 8.78 Å². The predicted octanol–water partition coefficient (Wildman–Crippen LogP) is 3.39. The van der Waals surface area contributed by atoms with Gasteiger partial charge in [0, 0.05) is 35.5 Å². The lowest BCUT2D eigenvalue weighted by molar-refractivity contribution is 0.0667. The van der Waals surface area contributed by atoms with Crippen LogP contribution in [0.2, 0.25) is 5.02 Å². The van der Waals surface area contributed by atoms with Crippen molar-refractivity contribution in [2.24, 2.45) is 5.73 Å². The van der Waals surface area contributed by atoms with Crippen LogP contribution in [0.3, 0.4) is 0 Å². The van der Waals surface area contributed by atoms with Gasteiger partial charge in [-0.2, -0.15) is 8.78 Å².